The lowest BCUT2D eigenvalue weighted by Gasteiger charge is -2.09. The number of benzene rings is 1. The van der Waals surface area contributed by atoms with Gasteiger partial charge in [-0.2, -0.15) is 0 Å². The van der Waals surface area contributed by atoms with Crippen LogP contribution in [-0.4, -0.2) is 30.8 Å². The van der Waals surface area contributed by atoms with Gasteiger partial charge in [-0.25, -0.2) is 8.78 Å². The second-order valence-corrected chi connectivity index (χ2v) is 6.19. The highest BCUT2D eigenvalue weighted by Gasteiger charge is 2.06. The lowest BCUT2D eigenvalue weighted by atomic mass is 10.3. The molecule has 0 saturated carbocycles. The fourth-order valence-electron chi connectivity index (χ4n) is 1.54. The van der Waals surface area contributed by atoms with Gasteiger partial charge in [-0.05, 0) is 42.9 Å². The number of pyridine rings is 1. The van der Waals surface area contributed by atoms with Crippen LogP contribution in [0.4, 0.5) is 19.3 Å². The summed E-state index contributed by atoms with van der Waals surface area (Å²) in [6, 6.07) is 6.93. The van der Waals surface area contributed by atoms with Crippen LogP contribution < -0.4 is 15.8 Å². The number of nitrogens with one attached hydrogen (secondary N) is 2. The maximum atomic E-state index is 12.6. The Morgan fingerprint density at radius 1 is 1.34 bits per heavy atom. The quantitative estimate of drug-likeness (QED) is 0.303. The van der Waals surface area contributed by atoms with Crippen LogP contribution in [-0.2, 0) is 22.5 Å². The molecule has 1 heterocycles. The number of nitrogens with zero attached hydrogens (tertiary/aromatic N) is 1. The number of ether oxygens (including phenoxy) is 1. The minimum Gasteiger partial charge on any atom is -0.755 e. The second kappa shape index (κ2) is 15.6. The van der Waals surface area contributed by atoms with Gasteiger partial charge in [-0.15, -0.1) is 0 Å². The molecule has 4 N–H and O–H groups in total. The number of nitrogens with two attached hydrogens (primary N) is 1. The minimum absolute atomic E-state index is 0.436. The van der Waals surface area contributed by atoms with Crippen molar-refractivity contribution in [2.45, 2.75) is 13.5 Å². The minimum atomic E-state index is -2.72. The number of carbonyl (C=O) groups excluding carboxylic acids is 1. The molecule has 0 radical (unpaired) electrons. The Balaban J connectivity index is 0.000000459. The van der Waals surface area contributed by atoms with Crippen molar-refractivity contribution in [3.8, 4) is 0 Å². The lowest BCUT2D eigenvalue weighted by Crippen LogP contribution is -2.23. The van der Waals surface area contributed by atoms with Gasteiger partial charge in [0.1, 0.15) is 17.3 Å². The molecular formula is C16H19F2N4O4S3-. The number of thiocarbonyl (C=S) groups is 1. The van der Waals surface area contributed by atoms with Crippen LogP contribution in [0.2, 0.25) is 0 Å². The average molecular weight is 466 g/mol. The van der Waals surface area contributed by atoms with E-state index in [1.54, 1.807) is 17.1 Å². The second-order valence-electron chi connectivity index (χ2n) is 4.71. The molecule has 2 rings (SSSR count). The zero-order valence-electron chi connectivity index (χ0n) is 15.1. The fraction of sp³-hybridized carbons (Fsp3) is 0.188. The summed E-state index contributed by atoms with van der Waals surface area (Å²) in [5.41, 5.74) is 4.76. The zero-order valence-corrected chi connectivity index (χ0v) is 17.7. The molecule has 0 saturated heterocycles. The summed E-state index contributed by atoms with van der Waals surface area (Å²) in [6.45, 7) is 3.16. The number of aromatic nitrogens is 1. The van der Waals surface area contributed by atoms with E-state index in [-0.39, 0.29) is 0 Å². The Hall–Kier alpha value is -2.35. The normalized spacial score (nSPS) is 10.2. The Labute approximate surface area is 180 Å². The number of anilines is 1. The lowest BCUT2D eigenvalue weighted by molar-refractivity contribution is 0.267. The molecule has 13 heteroatoms. The molecule has 0 spiro atoms. The maximum absolute atomic E-state index is 12.6. The number of carbonyl (C=O) groups is 1. The Kier molecular flexibility index (Phi) is 14.3. The van der Waals surface area contributed by atoms with E-state index in [0.29, 0.717) is 18.3 Å². The van der Waals surface area contributed by atoms with Gasteiger partial charge >= 0.3 is 0 Å². The van der Waals surface area contributed by atoms with Crippen LogP contribution in [0, 0.1) is 11.6 Å². The summed E-state index contributed by atoms with van der Waals surface area (Å²) in [5.74, 6) is -1.89. The molecule has 29 heavy (non-hydrogen) atoms. The standard InChI is InChI=1S/C9H12N2OS.C6H5F2NO2S.CH3NOS/c1-2-12-9(13)11-7-8-4-3-5-10-6-8;7-4-2-1-3-5(8)6(4)9-12(10)11;2-1(3)4/h3-6H,2,7H2,1H3,(H,11,13);1-3,9H,(H,10,11);(H3,2,3,4)/p-1. The van der Waals surface area contributed by atoms with E-state index < -0.39 is 33.8 Å². The number of primary amides is 1. The molecule has 1 unspecified atom stereocenters. The number of hydrogen-bond acceptors (Lipinski definition) is 6. The topological polar surface area (TPSA) is 129 Å². The van der Waals surface area contributed by atoms with Gasteiger partial charge in [0.15, 0.2) is 0 Å². The predicted octanol–water partition coefficient (Wildman–Crippen LogP) is 2.66. The van der Waals surface area contributed by atoms with Crippen LogP contribution in [0.25, 0.3) is 0 Å². The highest BCUT2D eigenvalue weighted by Crippen LogP contribution is 2.17. The summed E-state index contributed by atoms with van der Waals surface area (Å²) < 4.78 is 52.0. The molecule has 1 atom stereocenters. The van der Waals surface area contributed by atoms with Crippen molar-refractivity contribution < 1.29 is 27.1 Å². The average Bonchev–Trinajstić information content (AvgIpc) is 2.64. The molecule has 0 aliphatic carbocycles. The summed E-state index contributed by atoms with van der Waals surface area (Å²) in [6.07, 6.45) is 3.53. The Morgan fingerprint density at radius 2 is 1.93 bits per heavy atom. The third-order valence-corrected chi connectivity index (χ3v) is 3.22. The number of hydrogen-bond donors (Lipinski definition) is 4. The van der Waals surface area contributed by atoms with E-state index in [1.165, 1.54) is 0 Å². The predicted molar refractivity (Wildman–Crippen MR) is 113 cm³/mol. The molecular weight excluding hydrogens is 446 g/mol. The highest BCUT2D eigenvalue weighted by atomic mass is 32.2. The number of halogens is 2. The maximum Gasteiger partial charge on any atom is 0.273 e. The molecule has 1 aromatic carbocycles. The molecule has 0 bridgehead atoms. The van der Waals surface area contributed by atoms with Gasteiger partial charge in [-0.3, -0.25) is 14.0 Å². The van der Waals surface area contributed by atoms with E-state index in [9.17, 15) is 17.5 Å². The van der Waals surface area contributed by atoms with Gasteiger partial charge in [0, 0.05) is 30.2 Å². The van der Waals surface area contributed by atoms with Gasteiger partial charge < -0.3 is 25.1 Å². The highest BCUT2D eigenvalue weighted by molar-refractivity contribution is 7.96. The first-order valence-corrected chi connectivity index (χ1v) is 9.68. The van der Waals surface area contributed by atoms with Crippen LogP contribution >= 0.6 is 24.8 Å². The van der Waals surface area contributed by atoms with Crippen molar-refractivity contribution in [2.75, 3.05) is 11.3 Å². The van der Waals surface area contributed by atoms with Crippen molar-refractivity contribution in [1.82, 2.24) is 10.3 Å². The smallest absolute Gasteiger partial charge is 0.273 e. The molecule has 1 amide bonds. The van der Waals surface area contributed by atoms with Crippen molar-refractivity contribution in [2.24, 2.45) is 5.73 Å². The van der Waals surface area contributed by atoms with Crippen LogP contribution in [0.15, 0.2) is 42.7 Å². The number of para-hydroxylation sites is 1. The van der Waals surface area contributed by atoms with Crippen molar-refractivity contribution in [3.63, 3.8) is 0 Å². The Bertz CT molecular complexity index is 777. The van der Waals surface area contributed by atoms with Gasteiger partial charge in [0.2, 0.25) is 0 Å². The molecule has 1 aromatic heterocycles. The largest absolute Gasteiger partial charge is 0.755 e. The molecule has 8 nitrogen and oxygen atoms in total. The van der Waals surface area contributed by atoms with Crippen LogP contribution in [0.5, 0.6) is 0 Å². The van der Waals surface area contributed by atoms with Gasteiger partial charge in [-0.1, -0.05) is 24.8 Å². The van der Waals surface area contributed by atoms with Crippen molar-refractivity contribution in [1.29, 1.82) is 0 Å². The summed E-state index contributed by atoms with van der Waals surface area (Å²) in [4.78, 5) is 13.1. The summed E-state index contributed by atoms with van der Waals surface area (Å²) >= 11 is 5.29. The first-order chi connectivity index (χ1) is 13.7. The third-order valence-electron chi connectivity index (χ3n) is 2.58. The van der Waals surface area contributed by atoms with E-state index in [1.807, 2.05) is 19.1 Å². The zero-order chi connectivity index (χ0) is 22.2. The third kappa shape index (κ3) is 14.3. The van der Waals surface area contributed by atoms with Crippen LogP contribution in [0.3, 0.4) is 0 Å². The molecule has 160 valence electrons. The SMILES string of the molecule is CCOC(=S)NCc1cccnc1.NC(=O)S.O=S([O-])Nc1c(F)cccc1F. The monoisotopic (exact) mass is 465 g/mol. The fourth-order valence-corrected chi connectivity index (χ4v) is 2.09. The van der Waals surface area contributed by atoms with Crippen LogP contribution in [0.1, 0.15) is 12.5 Å². The van der Waals surface area contributed by atoms with E-state index in [2.05, 4.69) is 28.7 Å². The van der Waals surface area contributed by atoms with E-state index in [0.717, 1.165) is 23.8 Å². The molecule has 2 aromatic rings. The van der Waals surface area contributed by atoms with E-state index in [4.69, 9.17) is 21.7 Å². The summed E-state index contributed by atoms with van der Waals surface area (Å²) in [5, 5.41) is 2.77. The Morgan fingerprint density at radius 3 is 2.38 bits per heavy atom. The molecule has 0 aliphatic rings. The number of rotatable bonds is 5. The van der Waals surface area contributed by atoms with Crippen molar-refractivity contribution >= 4 is 52.2 Å². The first kappa shape index (κ1) is 26.6. The summed E-state index contributed by atoms with van der Waals surface area (Å²) in [7, 11) is 0. The van der Waals surface area contributed by atoms with E-state index >= 15 is 0 Å². The van der Waals surface area contributed by atoms with Crippen molar-refractivity contribution in [3.05, 3.63) is 59.9 Å². The van der Waals surface area contributed by atoms with Gasteiger partial charge in [0.05, 0.1) is 6.61 Å². The first-order valence-electron chi connectivity index (χ1n) is 7.75. The molecule has 0 aliphatic heterocycles. The number of thiol groups is 1. The molecule has 0 fully saturated rings. The van der Waals surface area contributed by atoms with Gasteiger partial charge in [0.25, 0.3) is 10.4 Å². The number of amides is 1.